The summed E-state index contributed by atoms with van der Waals surface area (Å²) in [7, 11) is -2.61. The van der Waals surface area contributed by atoms with Crippen LogP contribution in [0.4, 0.5) is 0 Å². The summed E-state index contributed by atoms with van der Waals surface area (Å²) in [4.78, 5) is 17.2. The van der Waals surface area contributed by atoms with Crippen LogP contribution in [0.25, 0.3) is 10.9 Å². The highest BCUT2D eigenvalue weighted by molar-refractivity contribution is 9.10. The van der Waals surface area contributed by atoms with E-state index in [2.05, 4.69) is 25.6 Å². The van der Waals surface area contributed by atoms with Gasteiger partial charge in [-0.1, -0.05) is 6.07 Å². The Labute approximate surface area is 176 Å². The maximum Gasteiger partial charge on any atom is 0.264 e. The van der Waals surface area contributed by atoms with Crippen molar-refractivity contribution in [3.8, 4) is 11.5 Å². The molecule has 9 heteroatoms. The molecular weight excluding hydrogens is 460 g/mol. The summed E-state index contributed by atoms with van der Waals surface area (Å²) in [6, 6.07) is 11.5. The maximum atomic E-state index is 13.0. The topological polar surface area (TPSA) is 94.6 Å². The molecule has 0 radical (unpaired) electrons. The molecule has 1 atom stereocenters. The fourth-order valence-corrected chi connectivity index (χ4v) is 5.16. The number of carbonyl (C=O) groups is 1. The zero-order chi connectivity index (χ0) is 20.6. The van der Waals surface area contributed by atoms with Crippen molar-refractivity contribution in [3.05, 3.63) is 58.7 Å². The highest BCUT2D eigenvalue weighted by atomic mass is 79.9. The van der Waals surface area contributed by atoms with Crippen molar-refractivity contribution < 1.29 is 22.7 Å². The number of fused-ring (bicyclic) bond motifs is 2. The Morgan fingerprint density at radius 1 is 1.24 bits per heavy atom. The summed E-state index contributed by atoms with van der Waals surface area (Å²) in [5.74, 6) is -0.404. The number of pyridine rings is 1. The summed E-state index contributed by atoms with van der Waals surface area (Å²) < 4.78 is 40.0. The monoisotopic (exact) mass is 476 g/mol. The summed E-state index contributed by atoms with van der Waals surface area (Å²) in [6.45, 7) is 0.287. The van der Waals surface area contributed by atoms with E-state index < -0.39 is 21.8 Å². The smallest absolute Gasteiger partial charge is 0.264 e. The third-order valence-electron chi connectivity index (χ3n) is 4.78. The van der Waals surface area contributed by atoms with E-state index in [1.165, 1.54) is 13.2 Å². The highest BCUT2D eigenvalue weighted by Gasteiger charge is 2.34. The van der Waals surface area contributed by atoms with E-state index in [0.717, 1.165) is 0 Å². The molecule has 7 nitrogen and oxygen atoms in total. The van der Waals surface area contributed by atoms with Crippen LogP contribution in [0.5, 0.6) is 11.5 Å². The van der Waals surface area contributed by atoms with Crippen molar-refractivity contribution in [1.29, 1.82) is 0 Å². The molecule has 150 valence electrons. The number of hydrogen-bond donors (Lipinski definition) is 1. The first-order valence-corrected chi connectivity index (χ1v) is 11.1. The van der Waals surface area contributed by atoms with Crippen molar-refractivity contribution in [2.45, 2.75) is 17.2 Å². The Morgan fingerprint density at radius 3 is 2.86 bits per heavy atom. The second kappa shape index (κ2) is 7.64. The second-order valence-corrected chi connectivity index (χ2v) is 8.98. The molecular formula is C20H17BrN2O5S. The minimum atomic E-state index is -4.10. The Balaban J connectivity index is 1.72. The van der Waals surface area contributed by atoms with Gasteiger partial charge in [-0.15, -0.1) is 0 Å². The molecule has 0 saturated carbocycles. The summed E-state index contributed by atoms with van der Waals surface area (Å²) in [6.07, 6.45) is 1.92. The van der Waals surface area contributed by atoms with Gasteiger partial charge < -0.3 is 9.47 Å². The molecule has 0 saturated heterocycles. The van der Waals surface area contributed by atoms with Gasteiger partial charge in [0.25, 0.3) is 10.0 Å². The van der Waals surface area contributed by atoms with E-state index in [4.69, 9.17) is 9.47 Å². The molecule has 1 aliphatic rings. The largest absolute Gasteiger partial charge is 0.496 e. The lowest BCUT2D eigenvalue weighted by atomic mass is 9.91. The van der Waals surface area contributed by atoms with Gasteiger partial charge in [0, 0.05) is 17.1 Å². The Morgan fingerprint density at radius 2 is 2.07 bits per heavy atom. The number of sulfonamides is 1. The summed E-state index contributed by atoms with van der Waals surface area (Å²) >= 11 is 3.41. The van der Waals surface area contributed by atoms with E-state index in [1.54, 1.807) is 42.6 Å². The van der Waals surface area contributed by atoms with Crippen molar-refractivity contribution in [1.82, 2.24) is 9.71 Å². The minimum Gasteiger partial charge on any atom is -0.496 e. The third-order valence-corrected chi connectivity index (χ3v) is 6.81. The number of ether oxygens (including phenoxy) is 2. The summed E-state index contributed by atoms with van der Waals surface area (Å²) in [5, 5.41) is 0.447. The van der Waals surface area contributed by atoms with Crippen LogP contribution in [0.3, 0.4) is 0 Å². The van der Waals surface area contributed by atoms with Crippen LogP contribution < -0.4 is 14.2 Å². The van der Waals surface area contributed by atoms with Gasteiger partial charge in [-0.2, -0.15) is 0 Å². The number of hydrogen-bond acceptors (Lipinski definition) is 6. The quantitative estimate of drug-likeness (QED) is 0.620. The molecule has 4 rings (SSSR count). The molecule has 1 unspecified atom stereocenters. The Bertz CT molecular complexity index is 1210. The number of halogens is 1. The average molecular weight is 477 g/mol. The lowest BCUT2D eigenvalue weighted by Gasteiger charge is -2.27. The molecule has 3 aromatic rings. The molecule has 29 heavy (non-hydrogen) atoms. The van der Waals surface area contributed by atoms with Crippen LogP contribution in [0.15, 0.2) is 58.0 Å². The number of benzene rings is 2. The molecule has 1 aromatic heterocycles. The number of aromatic nitrogens is 1. The first-order valence-electron chi connectivity index (χ1n) is 8.82. The van der Waals surface area contributed by atoms with Gasteiger partial charge in [0.15, 0.2) is 0 Å². The predicted octanol–water partition coefficient (Wildman–Crippen LogP) is 3.38. The first kappa shape index (κ1) is 19.7. The Kier molecular flexibility index (Phi) is 5.18. The van der Waals surface area contributed by atoms with Gasteiger partial charge >= 0.3 is 0 Å². The van der Waals surface area contributed by atoms with Crippen LogP contribution in [-0.2, 0) is 14.8 Å². The van der Waals surface area contributed by atoms with Gasteiger partial charge in [0.05, 0.1) is 34.5 Å². The number of methoxy groups -OCH3 is 1. The second-order valence-electron chi connectivity index (χ2n) is 6.48. The third kappa shape index (κ3) is 3.56. The van der Waals surface area contributed by atoms with E-state index >= 15 is 0 Å². The number of nitrogens with one attached hydrogen (secondary N) is 1. The van der Waals surface area contributed by atoms with Gasteiger partial charge in [-0.05, 0) is 58.7 Å². The molecule has 2 aromatic carbocycles. The number of amides is 1. The fraction of sp³-hybridized carbons (Fsp3) is 0.200. The van der Waals surface area contributed by atoms with Crippen molar-refractivity contribution in [2.24, 2.45) is 0 Å². The molecule has 1 N–H and O–H groups in total. The highest BCUT2D eigenvalue weighted by Crippen LogP contribution is 2.44. The minimum absolute atomic E-state index is 0.00457. The predicted molar refractivity (Wildman–Crippen MR) is 111 cm³/mol. The Hall–Kier alpha value is -2.65. The van der Waals surface area contributed by atoms with Crippen LogP contribution in [-0.4, -0.2) is 33.0 Å². The molecule has 0 fully saturated rings. The van der Waals surface area contributed by atoms with Crippen LogP contribution in [0.2, 0.25) is 0 Å². The van der Waals surface area contributed by atoms with Crippen molar-refractivity contribution >= 4 is 42.8 Å². The number of carbonyl (C=O) groups excluding carboxylic acids is 1. The first-order chi connectivity index (χ1) is 13.9. The zero-order valence-electron chi connectivity index (χ0n) is 15.4. The van der Waals surface area contributed by atoms with E-state index in [1.807, 2.05) is 0 Å². The molecule has 1 amide bonds. The van der Waals surface area contributed by atoms with E-state index in [-0.39, 0.29) is 11.5 Å². The molecule has 0 spiro atoms. The van der Waals surface area contributed by atoms with E-state index in [9.17, 15) is 13.2 Å². The van der Waals surface area contributed by atoms with Gasteiger partial charge in [0.1, 0.15) is 11.5 Å². The zero-order valence-corrected chi connectivity index (χ0v) is 17.8. The van der Waals surface area contributed by atoms with Crippen LogP contribution in [0.1, 0.15) is 17.9 Å². The fourth-order valence-electron chi connectivity index (χ4n) is 3.46. The number of rotatable bonds is 4. The van der Waals surface area contributed by atoms with Crippen molar-refractivity contribution in [3.63, 3.8) is 0 Å². The SMILES string of the molecule is COc1ccc(Br)c2c1C(C(=O)NS(=O)(=O)c1cccc3ncccc13)CCO2. The standard InChI is InChI=1S/C20H17BrN2O5S/c1-27-16-8-7-14(21)19-18(16)13(9-11-28-19)20(24)23-29(25,26)17-6-2-5-15-12(17)4-3-10-22-15/h2-8,10,13H,9,11H2,1H3,(H,23,24). The molecule has 1 aliphatic heterocycles. The molecule has 0 bridgehead atoms. The average Bonchev–Trinajstić information content (AvgIpc) is 2.73. The molecule has 2 heterocycles. The van der Waals surface area contributed by atoms with Crippen LogP contribution >= 0.6 is 15.9 Å². The lowest BCUT2D eigenvalue weighted by Crippen LogP contribution is -2.37. The summed E-state index contributed by atoms with van der Waals surface area (Å²) in [5.41, 5.74) is 1.06. The van der Waals surface area contributed by atoms with Crippen molar-refractivity contribution in [2.75, 3.05) is 13.7 Å². The normalized spacial score (nSPS) is 16.0. The van der Waals surface area contributed by atoms with Gasteiger partial charge in [-0.3, -0.25) is 9.78 Å². The maximum absolute atomic E-state index is 13.0. The van der Waals surface area contributed by atoms with Gasteiger partial charge in [-0.25, -0.2) is 13.1 Å². The van der Waals surface area contributed by atoms with Gasteiger partial charge in [0.2, 0.25) is 5.91 Å². The lowest BCUT2D eigenvalue weighted by molar-refractivity contribution is -0.121. The van der Waals surface area contributed by atoms with E-state index in [0.29, 0.717) is 38.9 Å². The molecule has 0 aliphatic carbocycles. The van der Waals surface area contributed by atoms with Crippen LogP contribution in [0, 0.1) is 0 Å². The number of nitrogens with zero attached hydrogens (tertiary/aromatic N) is 1.